The largest absolute Gasteiger partial charge is 0.306 e. The van der Waals surface area contributed by atoms with Crippen molar-refractivity contribution in [2.75, 3.05) is 6.54 Å². The van der Waals surface area contributed by atoms with Crippen molar-refractivity contribution in [3.63, 3.8) is 0 Å². The predicted octanol–water partition coefficient (Wildman–Crippen LogP) is 5.03. The molecule has 0 fully saturated rings. The highest BCUT2D eigenvalue weighted by Crippen LogP contribution is 2.29. The molecule has 2 rings (SSSR count). The van der Waals surface area contributed by atoms with E-state index >= 15 is 0 Å². The fraction of sp³-hybridized carbons (Fsp3) is 0.200. The van der Waals surface area contributed by atoms with Crippen molar-refractivity contribution in [1.29, 1.82) is 0 Å². The number of nitrogens with one attached hydrogen (secondary N) is 1. The third kappa shape index (κ3) is 3.56. The maximum Gasteiger partial charge on any atom is 0.137 e. The van der Waals surface area contributed by atoms with Gasteiger partial charge in [0.25, 0.3) is 0 Å². The first-order valence-electron chi connectivity index (χ1n) is 6.16. The zero-order valence-electron chi connectivity index (χ0n) is 10.8. The van der Waals surface area contributed by atoms with E-state index in [1.165, 1.54) is 12.1 Å². The Labute approximate surface area is 139 Å². The lowest BCUT2D eigenvalue weighted by molar-refractivity contribution is 0.542. The highest BCUT2D eigenvalue weighted by atomic mass is 127. The van der Waals surface area contributed by atoms with Gasteiger partial charge in [0.1, 0.15) is 11.6 Å². The van der Waals surface area contributed by atoms with E-state index in [0.29, 0.717) is 12.1 Å². The Morgan fingerprint density at radius 3 is 2.60 bits per heavy atom. The van der Waals surface area contributed by atoms with E-state index in [1.54, 1.807) is 0 Å². The first kappa shape index (κ1) is 15.9. The molecule has 0 amide bonds. The van der Waals surface area contributed by atoms with Gasteiger partial charge >= 0.3 is 0 Å². The fourth-order valence-corrected chi connectivity index (χ4v) is 2.94. The summed E-state index contributed by atoms with van der Waals surface area (Å²) in [6, 6.07) is 9.80. The molecule has 0 bridgehead atoms. The molecule has 0 saturated heterocycles. The van der Waals surface area contributed by atoms with Gasteiger partial charge < -0.3 is 5.32 Å². The van der Waals surface area contributed by atoms with E-state index in [9.17, 15) is 8.78 Å². The monoisotopic (exact) mass is 451 g/mol. The molecule has 1 nitrogen and oxygen atoms in total. The second-order valence-corrected chi connectivity index (χ2v) is 6.43. The molecule has 0 radical (unpaired) electrons. The van der Waals surface area contributed by atoms with Crippen LogP contribution in [0.2, 0.25) is 0 Å². The predicted molar refractivity (Wildman–Crippen MR) is 88.7 cm³/mol. The van der Waals surface area contributed by atoms with Gasteiger partial charge in [-0.3, -0.25) is 0 Å². The molecule has 0 aliphatic heterocycles. The van der Waals surface area contributed by atoms with Crippen LogP contribution in [0.4, 0.5) is 8.78 Å². The third-order valence-corrected chi connectivity index (χ3v) is 4.22. The summed E-state index contributed by atoms with van der Waals surface area (Å²) in [5.74, 6) is -0.891. The molecule has 0 aliphatic carbocycles. The van der Waals surface area contributed by atoms with Gasteiger partial charge in [0.2, 0.25) is 0 Å². The average Bonchev–Trinajstić information content (AvgIpc) is 2.40. The number of hydrogen-bond donors (Lipinski definition) is 1. The number of halogens is 4. The van der Waals surface area contributed by atoms with Gasteiger partial charge in [0, 0.05) is 9.13 Å². The van der Waals surface area contributed by atoms with Crippen LogP contribution in [-0.4, -0.2) is 6.54 Å². The Bertz CT molecular complexity index is 619. The Hall–Kier alpha value is -0.530. The molecule has 20 heavy (non-hydrogen) atoms. The molecule has 0 aliphatic rings. The molecule has 1 atom stereocenters. The summed E-state index contributed by atoms with van der Waals surface area (Å²) < 4.78 is 29.1. The fourth-order valence-electron chi connectivity index (χ4n) is 2.06. The van der Waals surface area contributed by atoms with Crippen molar-refractivity contribution in [3.8, 4) is 0 Å². The van der Waals surface area contributed by atoms with Gasteiger partial charge in [-0.25, -0.2) is 8.78 Å². The van der Waals surface area contributed by atoms with Crippen LogP contribution in [0.25, 0.3) is 0 Å². The van der Waals surface area contributed by atoms with Crippen molar-refractivity contribution in [2.45, 2.75) is 13.0 Å². The summed E-state index contributed by atoms with van der Waals surface area (Å²) in [6.07, 6.45) is 0. The van der Waals surface area contributed by atoms with E-state index in [4.69, 9.17) is 0 Å². The van der Waals surface area contributed by atoms with E-state index < -0.39 is 11.6 Å². The van der Waals surface area contributed by atoms with Crippen LogP contribution < -0.4 is 5.32 Å². The molecule has 106 valence electrons. The lowest BCUT2D eigenvalue weighted by Crippen LogP contribution is -2.23. The van der Waals surface area contributed by atoms with E-state index in [1.807, 2.05) is 31.2 Å². The van der Waals surface area contributed by atoms with Crippen molar-refractivity contribution in [1.82, 2.24) is 5.32 Å². The number of rotatable bonds is 4. The Kier molecular flexibility index (Phi) is 5.51. The SMILES string of the molecule is CCNC(c1cccc(I)c1)c1cc(F)c(Br)cc1F. The van der Waals surface area contributed by atoms with Gasteiger partial charge in [-0.1, -0.05) is 19.1 Å². The standard InChI is InChI=1S/C15H13BrF2IN/c1-2-20-15(9-4-3-5-10(19)6-9)11-7-14(18)12(16)8-13(11)17/h3-8,15,20H,2H2,1H3. The molecular formula is C15H13BrF2IN. The smallest absolute Gasteiger partial charge is 0.137 e. The molecular weight excluding hydrogens is 439 g/mol. The van der Waals surface area contributed by atoms with Gasteiger partial charge in [-0.15, -0.1) is 0 Å². The van der Waals surface area contributed by atoms with Crippen molar-refractivity contribution >= 4 is 38.5 Å². The zero-order valence-corrected chi connectivity index (χ0v) is 14.5. The van der Waals surface area contributed by atoms with Crippen LogP contribution in [0.5, 0.6) is 0 Å². The highest BCUT2D eigenvalue weighted by Gasteiger charge is 2.19. The second kappa shape index (κ2) is 6.95. The lowest BCUT2D eigenvalue weighted by Gasteiger charge is -2.20. The first-order chi connectivity index (χ1) is 9.52. The molecule has 0 aromatic heterocycles. The molecule has 0 saturated carbocycles. The minimum atomic E-state index is -0.463. The summed E-state index contributed by atoms with van der Waals surface area (Å²) in [7, 11) is 0. The topological polar surface area (TPSA) is 12.0 Å². The summed E-state index contributed by atoms with van der Waals surface area (Å²) in [4.78, 5) is 0. The van der Waals surface area contributed by atoms with Crippen LogP contribution >= 0.6 is 38.5 Å². The van der Waals surface area contributed by atoms with E-state index in [0.717, 1.165) is 9.13 Å². The summed E-state index contributed by atoms with van der Waals surface area (Å²) in [6.45, 7) is 2.60. The van der Waals surface area contributed by atoms with Crippen molar-refractivity contribution in [3.05, 3.63) is 67.2 Å². The molecule has 0 heterocycles. The minimum Gasteiger partial charge on any atom is -0.306 e. The third-order valence-electron chi connectivity index (χ3n) is 2.94. The average molecular weight is 452 g/mol. The van der Waals surface area contributed by atoms with E-state index in [2.05, 4.69) is 43.8 Å². The Balaban J connectivity index is 2.51. The normalized spacial score (nSPS) is 12.4. The van der Waals surface area contributed by atoms with Crippen LogP contribution in [0, 0.1) is 15.2 Å². The molecule has 5 heteroatoms. The second-order valence-electron chi connectivity index (χ2n) is 4.33. The summed E-state index contributed by atoms with van der Waals surface area (Å²) in [5.41, 5.74) is 1.23. The van der Waals surface area contributed by atoms with Gasteiger partial charge in [-0.05, 0) is 74.9 Å². The van der Waals surface area contributed by atoms with Crippen LogP contribution in [0.3, 0.4) is 0 Å². The van der Waals surface area contributed by atoms with Crippen molar-refractivity contribution < 1.29 is 8.78 Å². The number of hydrogen-bond acceptors (Lipinski definition) is 1. The molecule has 1 unspecified atom stereocenters. The summed E-state index contributed by atoms with van der Waals surface area (Å²) in [5, 5.41) is 3.20. The van der Waals surface area contributed by atoms with Gasteiger partial charge in [0.15, 0.2) is 0 Å². The van der Waals surface area contributed by atoms with Gasteiger partial charge in [0.05, 0.1) is 10.5 Å². The minimum absolute atomic E-state index is 0.136. The maximum absolute atomic E-state index is 14.2. The molecule has 0 spiro atoms. The summed E-state index contributed by atoms with van der Waals surface area (Å²) >= 11 is 5.20. The first-order valence-corrected chi connectivity index (χ1v) is 8.03. The molecule has 1 N–H and O–H groups in total. The van der Waals surface area contributed by atoms with Crippen molar-refractivity contribution in [2.24, 2.45) is 0 Å². The quantitative estimate of drug-likeness (QED) is 0.507. The highest BCUT2D eigenvalue weighted by molar-refractivity contribution is 14.1. The van der Waals surface area contributed by atoms with Crippen LogP contribution in [-0.2, 0) is 0 Å². The zero-order chi connectivity index (χ0) is 14.7. The van der Waals surface area contributed by atoms with E-state index in [-0.39, 0.29) is 10.5 Å². The number of benzene rings is 2. The lowest BCUT2D eigenvalue weighted by atomic mass is 9.98. The molecule has 2 aromatic carbocycles. The van der Waals surface area contributed by atoms with Gasteiger partial charge in [-0.2, -0.15) is 0 Å². The maximum atomic E-state index is 14.2. The molecule has 2 aromatic rings. The van der Waals surface area contributed by atoms with Crippen LogP contribution in [0.15, 0.2) is 40.9 Å². The van der Waals surface area contributed by atoms with Crippen LogP contribution in [0.1, 0.15) is 24.1 Å². The Morgan fingerprint density at radius 2 is 1.95 bits per heavy atom. The Morgan fingerprint density at radius 1 is 1.20 bits per heavy atom.